The van der Waals surface area contributed by atoms with Crippen LogP contribution < -0.4 is 5.43 Å². The van der Waals surface area contributed by atoms with E-state index < -0.39 is 28.8 Å². The van der Waals surface area contributed by atoms with Gasteiger partial charge in [0.15, 0.2) is 5.43 Å². The number of pyridine rings is 1. The molecule has 0 saturated heterocycles. The monoisotopic (exact) mass is 429 g/mol. The molecule has 3 rings (SSSR count). The highest BCUT2D eigenvalue weighted by molar-refractivity contribution is 6.39. The van der Waals surface area contributed by atoms with Gasteiger partial charge in [-0.2, -0.15) is 0 Å². The summed E-state index contributed by atoms with van der Waals surface area (Å²) in [5, 5.41) is 10.6. The second kappa shape index (κ2) is 8.92. The van der Waals surface area contributed by atoms with Crippen LogP contribution in [-0.4, -0.2) is 28.0 Å². The van der Waals surface area contributed by atoms with Gasteiger partial charge in [0.25, 0.3) is 5.78 Å². The highest BCUT2D eigenvalue weighted by Gasteiger charge is 2.18. The van der Waals surface area contributed by atoms with E-state index in [-0.39, 0.29) is 34.7 Å². The third-order valence-corrected chi connectivity index (χ3v) is 4.67. The summed E-state index contributed by atoms with van der Waals surface area (Å²) in [6.45, 7) is 1.54. The smallest absolute Gasteiger partial charge is 0.379 e. The van der Waals surface area contributed by atoms with Crippen molar-refractivity contribution in [2.75, 3.05) is 6.61 Å². The Balaban J connectivity index is 2.14. The Morgan fingerprint density at radius 2 is 1.93 bits per heavy atom. The Hall–Kier alpha value is -3.45. The number of aliphatic hydroxyl groups excluding tert-OH is 1. The highest BCUT2D eigenvalue weighted by atomic mass is 35.5. The van der Waals surface area contributed by atoms with E-state index in [1.165, 1.54) is 19.2 Å². The Morgan fingerprint density at radius 1 is 1.20 bits per heavy atom. The molecule has 6 nitrogen and oxygen atoms in total. The molecule has 30 heavy (non-hydrogen) atoms. The molecular formula is C22H17ClFNO5. The van der Waals surface area contributed by atoms with E-state index in [1.54, 1.807) is 41.0 Å². The highest BCUT2D eigenvalue weighted by Crippen LogP contribution is 2.22. The summed E-state index contributed by atoms with van der Waals surface area (Å²) in [5.74, 6) is -3.54. The molecule has 0 spiro atoms. The van der Waals surface area contributed by atoms with Gasteiger partial charge in [-0.3, -0.25) is 9.59 Å². The maximum absolute atomic E-state index is 14.4. The molecule has 154 valence electrons. The first kappa shape index (κ1) is 21.3. The Bertz CT molecular complexity index is 1230. The van der Waals surface area contributed by atoms with Gasteiger partial charge in [-0.1, -0.05) is 35.9 Å². The lowest BCUT2D eigenvalue weighted by Gasteiger charge is -2.14. The summed E-state index contributed by atoms with van der Waals surface area (Å²) >= 11 is 5.85. The van der Waals surface area contributed by atoms with Crippen molar-refractivity contribution in [1.82, 2.24) is 4.57 Å². The van der Waals surface area contributed by atoms with Crippen molar-refractivity contribution >= 4 is 40.0 Å². The van der Waals surface area contributed by atoms with E-state index in [2.05, 4.69) is 4.74 Å². The second-order valence-electron chi connectivity index (χ2n) is 6.34. The predicted octanol–water partition coefficient (Wildman–Crippen LogP) is 3.87. The molecule has 0 unspecified atom stereocenters. The van der Waals surface area contributed by atoms with Crippen LogP contribution in [0.3, 0.4) is 0 Å². The topological polar surface area (TPSA) is 85.6 Å². The SMILES string of the molecule is CCOC(=O)C(=O)C=C(O)c1cn(Cc2cccc(Cl)c2F)c2ccccc2c1=O. The Kier molecular flexibility index (Phi) is 6.32. The molecule has 0 radical (unpaired) electrons. The molecule has 3 aromatic rings. The quantitative estimate of drug-likeness (QED) is 0.278. The number of ether oxygens (including phenoxy) is 1. The number of para-hydroxylation sites is 1. The first-order valence-electron chi connectivity index (χ1n) is 9.00. The van der Waals surface area contributed by atoms with Gasteiger partial charge in [0.05, 0.1) is 29.3 Å². The minimum absolute atomic E-state index is 0.00679. The molecule has 0 saturated carbocycles. The van der Waals surface area contributed by atoms with E-state index in [9.17, 15) is 23.9 Å². The van der Waals surface area contributed by atoms with Gasteiger partial charge < -0.3 is 14.4 Å². The third kappa shape index (κ3) is 4.26. The summed E-state index contributed by atoms with van der Waals surface area (Å²) in [6, 6.07) is 11.1. The number of hydrogen-bond acceptors (Lipinski definition) is 5. The summed E-state index contributed by atoms with van der Waals surface area (Å²) in [6.07, 6.45) is 1.93. The van der Waals surface area contributed by atoms with Gasteiger partial charge in [0, 0.05) is 23.2 Å². The fraction of sp³-hybridized carbons (Fsp3) is 0.136. The zero-order valence-electron chi connectivity index (χ0n) is 15.9. The van der Waals surface area contributed by atoms with Crippen LogP contribution in [0.15, 0.2) is 59.5 Å². The van der Waals surface area contributed by atoms with Crippen molar-refractivity contribution in [2.24, 2.45) is 0 Å². The maximum Gasteiger partial charge on any atom is 0.379 e. The average molecular weight is 430 g/mol. The van der Waals surface area contributed by atoms with Gasteiger partial charge in [-0.25, -0.2) is 9.18 Å². The average Bonchev–Trinajstić information content (AvgIpc) is 2.73. The zero-order chi connectivity index (χ0) is 21.8. The molecule has 1 heterocycles. The standard InChI is InChI=1S/C22H17ClFNO5/c1-2-30-22(29)19(27)10-18(26)15-12-25(11-13-6-5-8-16(23)20(13)24)17-9-4-3-7-14(17)21(15)28/h3-10,12,26H,2,11H2,1H3. The van der Waals surface area contributed by atoms with E-state index in [4.69, 9.17) is 11.6 Å². The number of fused-ring (bicyclic) bond motifs is 1. The van der Waals surface area contributed by atoms with Crippen molar-refractivity contribution < 1.29 is 23.8 Å². The molecule has 1 aromatic heterocycles. The van der Waals surface area contributed by atoms with Crippen LogP contribution in [0, 0.1) is 5.82 Å². The largest absolute Gasteiger partial charge is 0.507 e. The molecule has 8 heteroatoms. The number of esters is 1. The lowest BCUT2D eigenvalue weighted by atomic mass is 10.1. The summed E-state index contributed by atoms with van der Waals surface area (Å²) in [4.78, 5) is 36.2. The lowest BCUT2D eigenvalue weighted by Crippen LogP contribution is -2.18. The van der Waals surface area contributed by atoms with Crippen LogP contribution in [-0.2, 0) is 20.9 Å². The summed E-state index contributed by atoms with van der Waals surface area (Å²) in [7, 11) is 0. The number of hydrogen-bond donors (Lipinski definition) is 1. The predicted molar refractivity (Wildman–Crippen MR) is 111 cm³/mol. The number of benzene rings is 2. The number of aromatic nitrogens is 1. The summed E-state index contributed by atoms with van der Waals surface area (Å²) < 4.78 is 20.5. The number of halogens is 2. The molecule has 2 aromatic carbocycles. The molecule has 0 bridgehead atoms. The van der Waals surface area contributed by atoms with Gasteiger partial charge >= 0.3 is 5.97 Å². The van der Waals surface area contributed by atoms with Crippen molar-refractivity contribution in [3.63, 3.8) is 0 Å². The van der Waals surface area contributed by atoms with Crippen LogP contribution in [0.25, 0.3) is 16.7 Å². The van der Waals surface area contributed by atoms with E-state index in [0.717, 1.165) is 0 Å². The second-order valence-corrected chi connectivity index (χ2v) is 6.75. The molecule has 0 amide bonds. The molecule has 0 aliphatic carbocycles. The van der Waals surface area contributed by atoms with E-state index in [0.29, 0.717) is 11.6 Å². The first-order valence-corrected chi connectivity index (χ1v) is 9.38. The van der Waals surface area contributed by atoms with Crippen molar-refractivity contribution in [3.05, 3.63) is 86.9 Å². The van der Waals surface area contributed by atoms with Gasteiger partial charge in [0.1, 0.15) is 11.6 Å². The van der Waals surface area contributed by atoms with E-state index in [1.807, 2.05) is 0 Å². The maximum atomic E-state index is 14.4. The van der Waals surface area contributed by atoms with Crippen LogP contribution in [0.5, 0.6) is 0 Å². The number of carbonyl (C=O) groups excluding carboxylic acids is 2. The fourth-order valence-electron chi connectivity index (χ4n) is 2.98. The van der Waals surface area contributed by atoms with Crippen molar-refractivity contribution in [2.45, 2.75) is 13.5 Å². The molecular weight excluding hydrogens is 413 g/mol. The van der Waals surface area contributed by atoms with Crippen LogP contribution >= 0.6 is 11.6 Å². The molecule has 0 fully saturated rings. The van der Waals surface area contributed by atoms with Crippen LogP contribution in [0.4, 0.5) is 4.39 Å². The van der Waals surface area contributed by atoms with Crippen molar-refractivity contribution in [3.8, 4) is 0 Å². The van der Waals surface area contributed by atoms with Crippen LogP contribution in [0.1, 0.15) is 18.1 Å². The molecule has 1 N–H and O–H groups in total. The number of carbonyl (C=O) groups is 2. The first-order chi connectivity index (χ1) is 14.3. The van der Waals surface area contributed by atoms with Gasteiger partial charge in [0.2, 0.25) is 0 Å². The Morgan fingerprint density at radius 3 is 2.67 bits per heavy atom. The molecule has 0 aliphatic heterocycles. The Labute approximate surface area is 175 Å². The number of ketones is 1. The number of nitrogens with zero attached hydrogens (tertiary/aromatic N) is 1. The zero-order valence-corrected chi connectivity index (χ0v) is 16.6. The number of rotatable bonds is 6. The van der Waals surface area contributed by atoms with Crippen molar-refractivity contribution in [1.29, 1.82) is 0 Å². The van der Waals surface area contributed by atoms with Gasteiger partial charge in [-0.15, -0.1) is 0 Å². The minimum Gasteiger partial charge on any atom is -0.507 e. The summed E-state index contributed by atoms with van der Waals surface area (Å²) in [5.41, 5.74) is 0.0103. The molecule has 0 aliphatic rings. The van der Waals surface area contributed by atoms with Gasteiger partial charge in [-0.05, 0) is 25.1 Å². The fourth-order valence-corrected chi connectivity index (χ4v) is 3.17. The molecule has 0 atom stereocenters. The lowest BCUT2D eigenvalue weighted by molar-refractivity contribution is -0.151. The normalized spacial score (nSPS) is 11.5. The minimum atomic E-state index is -1.15. The third-order valence-electron chi connectivity index (χ3n) is 4.38. The number of aliphatic hydroxyl groups is 1. The van der Waals surface area contributed by atoms with E-state index >= 15 is 0 Å². The van der Waals surface area contributed by atoms with Crippen LogP contribution in [0.2, 0.25) is 5.02 Å².